The molecule has 0 saturated carbocycles. The first kappa shape index (κ1) is 15.9. The average Bonchev–Trinajstić information content (AvgIpc) is 3.33. The smallest absolute Gasteiger partial charge is 0.222 e. The number of aromatic amines is 1. The van der Waals surface area contributed by atoms with Gasteiger partial charge in [0.2, 0.25) is 5.91 Å². The first-order valence-corrected chi connectivity index (χ1v) is 8.81. The number of benzene rings is 1. The Labute approximate surface area is 146 Å². The van der Waals surface area contributed by atoms with Gasteiger partial charge in [0.25, 0.3) is 0 Å². The number of H-pyrrole nitrogens is 1. The monoisotopic (exact) mass is 338 g/mol. The van der Waals surface area contributed by atoms with Gasteiger partial charge in [-0.25, -0.2) is 0 Å². The van der Waals surface area contributed by atoms with E-state index in [0.717, 1.165) is 67.0 Å². The predicted molar refractivity (Wildman–Crippen MR) is 95.9 cm³/mol. The maximum absolute atomic E-state index is 11.6. The Balaban J connectivity index is 1.33. The van der Waals surface area contributed by atoms with Crippen LogP contribution in [0.25, 0.3) is 22.4 Å². The maximum Gasteiger partial charge on any atom is 0.222 e. The Morgan fingerprint density at radius 3 is 3.08 bits per heavy atom. The number of amides is 1. The molecule has 2 N–H and O–H groups in total. The van der Waals surface area contributed by atoms with Crippen LogP contribution in [0, 0.1) is 0 Å². The van der Waals surface area contributed by atoms with Gasteiger partial charge in [-0.3, -0.25) is 9.89 Å². The van der Waals surface area contributed by atoms with Gasteiger partial charge in [-0.2, -0.15) is 5.10 Å². The number of likely N-dealkylation sites (tertiary alicyclic amines) is 1. The molecule has 3 heterocycles. The second-order valence-corrected chi connectivity index (χ2v) is 6.43. The first-order chi connectivity index (χ1) is 12.3. The fraction of sp³-hybridized carbons (Fsp3) is 0.368. The summed E-state index contributed by atoms with van der Waals surface area (Å²) in [4.78, 5) is 13.5. The van der Waals surface area contributed by atoms with Gasteiger partial charge in [0, 0.05) is 37.0 Å². The van der Waals surface area contributed by atoms with Gasteiger partial charge < -0.3 is 14.6 Å². The number of hydrogen-bond acceptors (Lipinski definition) is 4. The highest BCUT2D eigenvalue weighted by molar-refractivity contribution is 5.82. The molecular formula is C19H22N4O2. The molecule has 0 atom stereocenters. The molecule has 1 fully saturated rings. The third-order valence-electron chi connectivity index (χ3n) is 4.66. The molecule has 4 rings (SSSR count). The van der Waals surface area contributed by atoms with Crippen molar-refractivity contribution < 1.29 is 9.21 Å². The number of para-hydroxylation sites is 1. The zero-order valence-electron chi connectivity index (χ0n) is 14.1. The molecule has 6 heteroatoms. The summed E-state index contributed by atoms with van der Waals surface area (Å²) in [5, 5.41) is 11.7. The lowest BCUT2D eigenvalue weighted by atomic mass is 10.2. The van der Waals surface area contributed by atoms with Crippen LogP contribution in [0.1, 0.15) is 24.8 Å². The van der Waals surface area contributed by atoms with Crippen molar-refractivity contribution in [3.63, 3.8) is 0 Å². The van der Waals surface area contributed by atoms with E-state index in [1.165, 1.54) is 0 Å². The van der Waals surface area contributed by atoms with Crippen molar-refractivity contribution in [2.24, 2.45) is 0 Å². The average molecular weight is 338 g/mol. The molecule has 0 unspecified atom stereocenters. The molecule has 3 aromatic rings. The van der Waals surface area contributed by atoms with Crippen LogP contribution in [-0.4, -0.2) is 40.6 Å². The lowest BCUT2D eigenvalue weighted by Crippen LogP contribution is -2.28. The summed E-state index contributed by atoms with van der Waals surface area (Å²) in [6.45, 7) is 3.34. The molecule has 1 aromatic carbocycles. The summed E-state index contributed by atoms with van der Waals surface area (Å²) in [6, 6.07) is 10.0. The van der Waals surface area contributed by atoms with Crippen LogP contribution >= 0.6 is 0 Å². The van der Waals surface area contributed by atoms with Crippen molar-refractivity contribution in [1.82, 2.24) is 20.4 Å². The summed E-state index contributed by atoms with van der Waals surface area (Å²) in [5.41, 5.74) is 2.87. The van der Waals surface area contributed by atoms with Gasteiger partial charge in [-0.15, -0.1) is 0 Å². The summed E-state index contributed by atoms with van der Waals surface area (Å²) in [6.07, 6.45) is 4.51. The molecule has 1 saturated heterocycles. The zero-order valence-corrected chi connectivity index (χ0v) is 14.1. The third-order valence-corrected chi connectivity index (χ3v) is 4.66. The highest BCUT2D eigenvalue weighted by atomic mass is 16.3. The number of rotatable bonds is 7. The molecule has 0 bridgehead atoms. The number of fused-ring (bicyclic) bond motifs is 1. The molecule has 1 amide bonds. The number of carbonyl (C=O) groups excluding carboxylic acids is 1. The molecule has 130 valence electrons. The van der Waals surface area contributed by atoms with E-state index in [2.05, 4.69) is 15.5 Å². The zero-order chi connectivity index (χ0) is 17.1. The van der Waals surface area contributed by atoms with E-state index in [1.807, 2.05) is 41.4 Å². The van der Waals surface area contributed by atoms with Crippen LogP contribution in [-0.2, 0) is 11.3 Å². The minimum Gasteiger partial charge on any atom is -0.454 e. The fourth-order valence-corrected chi connectivity index (χ4v) is 3.32. The van der Waals surface area contributed by atoms with Crippen LogP contribution in [0.15, 0.2) is 40.9 Å². The fourth-order valence-electron chi connectivity index (χ4n) is 3.32. The molecule has 1 aliphatic heterocycles. The second-order valence-electron chi connectivity index (χ2n) is 6.43. The van der Waals surface area contributed by atoms with Gasteiger partial charge in [0.15, 0.2) is 5.76 Å². The number of nitrogens with one attached hydrogen (secondary N) is 2. The van der Waals surface area contributed by atoms with E-state index in [9.17, 15) is 4.79 Å². The highest BCUT2D eigenvalue weighted by Crippen LogP contribution is 2.28. The SMILES string of the molecule is O=C1CCCN1CCCNCc1cn[nH]c1-c1cc2ccccc2o1. The minimum atomic E-state index is 0.294. The van der Waals surface area contributed by atoms with Crippen LogP contribution in [0.2, 0.25) is 0 Å². The lowest BCUT2D eigenvalue weighted by molar-refractivity contribution is -0.127. The van der Waals surface area contributed by atoms with Crippen LogP contribution in [0.4, 0.5) is 0 Å². The second kappa shape index (κ2) is 7.11. The summed E-state index contributed by atoms with van der Waals surface area (Å²) >= 11 is 0. The Hall–Kier alpha value is -2.60. The largest absolute Gasteiger partial charge is 0.454 e. The van der Waals surface area contributed by atoms with Crippen LogP contribution in [0.3, 0.4) is 0 Å². The van der Waals surface area contributed by atoms with Crippen molar-refractivity contribution in [1.29, 1.82) is 0 Å². The number of aromatic nitrogens is 2. The molecule has 0 radical (unpaired) electrons. The highest BCUT2D eigenvalue weighted by Gasteiger charge is 2.19. The van der Waals surface area contributed by atoms with E-state index in [-0.39, 0.29) is 0 Å². The summed E-state index contributed by atoms with van der Waals surface area (Å²) in [5.74, 6) is 1.10. The van der Waals surface area contributed by atoms with Gasteiger partial charge in [0.05, 0.1) is 6.20 Å². The normalized spacial score (nSPS) is 14.7. The van der Waals surface area contributed by atoms with E-state index in [4.69, 9.17) is 4.42 Å². The molecule has 1 aliphatic rings. The quantitative estimate of drug-likeness (QED) is 0.650. The van der Waals surface area contributed by atoms with E-state index >= 15 is 0 Å². The molecule has 0 spiro atoms. The van der Waals surface area contributed by atoms with Crippen molar-refractivity contribution in [2.45, 2.75) is 25.8 Å². The van der Waals surface area contributed by atoms with Gasteiger partial charge in [0.1, 0.15) is 11.3 Å². The topological polar surface area (TPSA) is 74.2 Å². The van der Waals surface area contributed by atoms with E-state index in [0.29, 0.717) is 12.3 Å². The standard InChI is InChI=1S/C19H22N4O2/c24-18-7-3-9-23(18)10-4-8-20-12-15-13-21-22-19(15)17-11-14-5-1-2-6-16(14)25-17/h1-2,5-6,11,13,20H,3-4,7-10,12H2,(H,21,22). The van der Waals surface area contributed by atoms with Crippen LogP contribution in [0.5, 0.6) is 0 Å². The van der Waals surface area contributed by atoms with E-state index < -0.39 is 0 Å². The lowest BCUT2D eigenvalue weighted by Gasteiger charge is -2.15. The number of furan rings is 1. The summed E-state index contributed by atoms with van der Waals surface area (Å²) < 4.78 is 5.92. The molecule has 0 aliphatic carbocycles. The molecule has 2 aromatic heterocycles. The van der Waals surface area contributed by atoms with Gasteiger partial charge in [-0.05, 0) is 31.5 Å². The maximum atomic E-state index is 11.6. The Morgan fingerprint density at radius 2 is 2.24 bits per heavy atom. The van der Waals surface area contributed by atoms with Crippen molar-refractivity contribution >= 4 is 16.9 Å². The number of hydrogen-bond donors (Lipinski definition) is 2. The van der Waals surface area contributed by atoms with Crippen molar-refractivity contribution in [3.05, 3.63) is 42.1 Å². The molecule has 6 nitrogen and oxygen atoms in total. The molecular weight excluding hydrogens is 316 g/mol. The Kier molecular flexibility index (Phi) is 4.52. The number of nitrogens with zero attached hydrogens (tertiary/aromatic N) is 2. The Morgan fingerprint density at radius 1 is 1.32 bits per heavy atom. The van der Waals surface area contributed by atoms with Crippen LogP contribution < -0.4 is 5.32 Å². The van der Waals surface area contributed by atoms with Crippen molar-refractivity contribution in [3.8, 4) is 11.5 Å². The van der Waals surface area contributed by atoms with E-state index in [1.54, 1.807) is 0 Å². The van der Waals surface area contributed by atoms with Gasteiger partial charge >= 0.3 is 0 Å². The third kappa shape index (κ3) is 3.44. The summed E-state index contributed by atoms with van der Waals surface area (Å²) in [7, 11) is 0. The molecule has 25 heavy (non-hydrogen) atoms. The van der Waals surface area contributed by atoms with Gasteiger partial charge in [-0.1, -0.05) is 18.2 Å². The van der Waals surface area contributed by atoms with Crippen molar-refractivity contribution in [2.75, 3.05) is 19.6 Å². The number of carbonyl (C=O) groups is 1. The minimum absolute atomic E-state index is 0.294. The Bertz CT molecular complexity index is 834. The predicted octanol–water partition coefficient (Wildman–Crippen LogP) is 2.93. The first-order valence-electron chi connectivity index (χ1n) is 8.81.